The van der Waals surface area contributed by atoms with E-state index >= 15 is 0 Å². The average molecular weight is 349 g/mol. The van der Waals surface area contributed by atoms with Crippen molar-refractivity contribution in [2.24, 2.45) is 0 Å². The summed E-state index contributed by atoms with van der Waals surface area (Å²) in [6, 6.07) is 14.8. The van der Waals surface area contributed by atoms with Gasteiger partial charge in [0.25, 0.3) is 0 Å². The molecule has 5 nitrogen and oxygen atoms in total. The Kier molecular flexibility index (Phi) is 5.89. The second kappa shape index (κ2) is 8.72. The van der Waals surface area contributed by atoms with Gasteiger partial charge in [-0.05, 0) is 23.8 Å². The molecular weight excluding hydrogens is 330 g/mol. The van der Waals surface area contributed by atoms with E-state index < -0.39 is 6.09 Å². The highest BCUT2D eigenvalue weighted by Gasteiger charge is 2.17. The molecule has 1 N–H and O–H groups in total. The quantitative estimate of drug-likeness (QED) is 0.679. The molecule has 2 aromatic rings. The number of ketones is 1. The summed E-state index contributed by atoms with van der Waals surface area (Å²) in [5.41, 5.74) is 2.34. The molecular formula is C21H19NO4. The highest BCUT2D eigenvalue weighted by Crippen LogP contribution is 2.25. The van der Waals surface area contributed by atoms with Gasteiger partial charge in [0, 0.05) is 24.9 Å². The molecule has 26 heavy (non-hydrogen) atoms. The zero-order valence-electron chi connectivity index (χ0n) is 14.3. The third-order valence-corrected chi connectivity index (χ3v) is 3.83. The van der Waals surface area contributed by atoms with Crippen LogP contribution in [0, 0.1) is 11.8 Å². The van der Waals surface area contributed by atoms with E-state index in [0.717, 1.165) is 11.1 Å². The summed E-state index contributed by atoms with van der Waals surface area (Å²) in [5.74, 6) is 6.69. The fraction of sp³-hybridized carbons (Fsp3) is 0.238. The van der Waals surface area contributed by atoms with Gasteiger partial charge in [-0.2, -0.15) is 0 Å². The minimum absolute atomic E-state index is 0.101. The molecule has 0 bridgehead atoms. The van der Waals surface area contributed by atoms with E-state index in [1.807, 2.05) is 30.3 Å². The van der Waals surface area contributed by atoms with Gasteiger partial charge in [0.15, 0.2) is 5.78 Å². The van der Waals surface area contributed by atoms with Crippen LogP contribution in [0.2, 0.25) is 0 Å². The van der Waals surface area contributed by atoms with Crippen LogP contribution in [0.25, 0.3) is 0 Å². The Hall–Kier alpha value is -3.26. The average Bonchev–Trinajstić information content (AvgIpc) is 2.67. The molecule has 0 aliphatic carbocycles. The second-order valence-electron chi connectivity index (χ2n) is 5.77. The summed E-state index contributed by atoms with van der Waals surface area (Å²) in [6.07, 6.45) is 0.456. The van der Waals surface area contributed by atoms with Crippen LogP contribution in [0.15, 0.2) is 48.5 Å². The van der Waals surface area contributed by atoms with Gasteiger partial charge in [-0.3, -0.25) is 4.79 Å². The standard InChI is InChI=1S/C21H19NO4/c23-19-11-13-25-20-14-16(9-10-18(19)20)6-4-5-12-22-21(24)26-15-17-7-2-1-3-8-17/h1-3,7-10,14H,5,11-13,15H2,(H,22,24). The molecule has 1 aliphatic heterocycles. The van der Waals surface area contributed by atoms with Crippen LogP contribution in [0.5, 0.6) is 5.75 Å². The van der Waals surface area contributed by atoms with Crippen molar-refractivity contribution >= 4 is 11.9 Å². The Morgan fingerprint density at radius 1 is 1.19 bits per heavy atom. The number of hydrogen-bond donors (Lipinski definition) is 1. The predicted molar refractivity (Wildman–Crippen MR) is 97.0 cm³/mol. The van der Waals surface area contributed by atoms with Crippen molar-refractivity contribution in [2.45, 2.75) is 19.4 Å². The monoisotopic (exact) mass is 349 g/mol. The molecule has 0 atom stereocenters. The Morgan fingerprint density at radius 2 is 2.04 bits per heavy atom. The minimum Gasteiger partial charge on any atom is -0.492 e. The molecule has 0 spiro atoms. The largest absolute Gasteiger partial charge is 0.492 e. The first kappa shape index (κ1) is 17.6. The summed E-state index contributed by atoms with van der Waals surface area (Å²) < 4.78 is 10.6. The lowest BCUT2D eigenvalue weighted by atomic mass is 10.0. The van der Waals surface area contributed by atoms with Crippen molar-refractivity contribution in [3.63, 3.8) is 0 Å². The van der Waals surface area contributed by atoms with Gasteiger partial charge in [0.1, 0.15) is 12.4 Å². The fourth-order valence-electron chi connectivity index (χ4n) is 2.50. The molecule has 5 heteroatoms. The van der Waals surface area contributed by atoms with Crippen LogP contribution in [0.4, 0.5) is 4.79 Å². The molecule has 3 rings (SSSR count). The summed E-state index contributed by atoms with van der Waals surface area (Å²) >= 11 is 0. The zero-order chi connectivity index (χ0) is 18.2. The molecule has 0 radical (unpaired) electrons. The van der Waals surface area contributed by atoms with E-state index in [4.69, 9.17) is 9.47 Å². The SMILES string of the molecule is O=C(NCCC#Cc1ccc2c(c1)OCCC2=O)OCc1ccccc1. The van der Waals surface area contributed by atoms with Crippen molar-refractivity contribution < 1.29 is 19.1 Å². The summed E-state index contributed by atoms with van der Waals surface area (Å²) in [6.45, 7) is 1.06. The number of carbonyl (C=O) groups is 2. The molecule has 1 heterocycles. The number of hydrogen-bond acceptors (Lipinski definition) is 4. The van der Waals surface area contributed by atoms with Crippen molar-refractivity contribution in [3.05, 3.63) is 65.2 Å². The molecule has 0 saturated heterocycles. The summed E-state index contributed by atoms with van der Waals surface area (Å²) in [5, 5.41) is 2.66. The number of fused-ring (bicyclic) bond motifs is 1. The maximum atomic E-state index is 11.7. The van der Waals surface area contributed by atoms with E-state index in [1.165, 1.54) is 0 Å². The Balaban J connectivity index is 1.41. The van der Waals surface area contributed by atoms with E-state index in [2.05, 4.69) is 17.2 Å². The van der Waals surface area contributed by atoms with Crippen molar-refractivity contribution in [3.8, 4) is 17.6 Å². The highest BCUT2D eigenvalue weighted by molar-refractivity contribution is 5.99. The number of ether oxygens (including phenoxy) is 2. The highest BCUT2D eigenvalue weighted by atomic mass is 16.5. The Labute approximate surface area is 152 Å². The predicted octanol–water partition coefficient (Wildman–Crippen LogP) is 3.32. The van der Waals surface area contributed by atoms with Crippen LogP contribution in [-0.2, 0) is 11.3 Å². The molecule has 132 valence electrons. The van der Waals surface area contributed by atoms with Gasteiger partial charge in [-0.1, -0.05) is 42.2 Å². The smallest absolute Gasteiger partial charge is 0.407 e. The fourth-order valence-corrected chi connectivity index (χ4v) is 2.50. The van der Waals surface area contributed by atoms with Crippen LogP contribution >= 0.6 is 0 Å². The van der Waals surface area contributed by atoms with E-state index in [1.54, 1.807) is 18.2 Å². The molecule has 1 aliphatic rings. The summed E-state index contributed by atoms with van der Waals surface area (Å²) in [4.78, 5) is 23.3. The Bertz CT molecular complexity index is 849. The van der Waals surface area contributed by atoms with Crippen molar-refractivity contribution in [2.75, 3.05) is 13.2 Å². The van der Waals surface area contributed by atoms with E-state index in [-0.39, 0.29) is 12.4 Å². The van der Waals surface area contributed by atoms with Gasteiger partial charge >= 0.3 is 6.09 Å². The first-order valence-corrected chi connectivity index (χ1v) is 8.46. The summed E-state index contributed by atoms with van der Waals surface area (Å²) in [7, 11) is 0. The van der Waals surface area contributed by atoms with Gasteiger partial charge in [-0.25, -0.2) is 4.79 Å². The number of Topliss-reactive ketones (excluding diaryl/α,β-unsaturated/α-hetero) is 1. The number of alkyl carbamates (subject to hydrolysis) is 1. The minimum atomic E-state index is -0.462. The van der Waals surface area contributed by atoms with Crippen molar-refractivity contribution in [1.82, 2.24) is 5.32 Å². The molecule has 0 fully saturated rings. The maximum absolute atomic E-state index is 11.7. The lowest BCUT2D eigenvalue weighted by Crippen LogP contribution is -2.24. The van der Waals surface area contributed by atoms with Crippen LogP contribution in [0.1, 0.15) is 34.3 Å². The first-order chi connectivity index (χ1) is 12.7. The molecule has 0 unspecified atom stereocenters. The number of rotatable bonds is 4. The number of benzene rings is 2. The normalized spacial score (nSPS) is 12.2. The molecule has 2 aromatic carbocycles. The van der Waals surface area contributed by atoms with E-state index in [0.29, 0.717) is 37.3 Å². The first-order valence-electron chi connectivity index (χ1n) is 8.46. The lowest BCUT2D eigenvalue weighted by molar-refractivity contribution is 0.0933. The van der Waals surface area contributed by atoms with Gasteiger partial charge in [0.05, 0.1) is 12.2 Å². The number of nitrogens with one attached hydrogen (secondary N) is 1. The van der Waals surface area contributed by atoms with Crippen LogP contribution < -0.4 is 10.1 Å². The van der Waals surface area contributed by atoms with Crippen LogP contribution in [-0.4, -0.2) is 25.0 Å². The van der Waals surface area contributed by atoms with Gasteiger partial charge in [-0.15, -0.1) is 0 Å². The molecule has 0 saturated carbocycles. The van der Waals surface area contributed by atoms with Crippen molar-refractivity contribution in [1.29, 1.82) is 0 Å². The maximum Gasteiger partial charge on any atom is 0.407 e. The van der Waals surface area contributed by atoms with Gasteiger partial charge < -0.3 is 14.8 Å². The zero-order valence-corrected chi connectivity index (χ0v) is 14.3. The topological polar surface area (TPSA) is 64.6 Å². The van der Waals surface area contributed by atoms with E-state index in [9.17, 15) is 9.59 Å². The molecule has 1 amide bonds. The third kappa shape index (κ3) is 4.87. The lowest BCUT2D eigenvalue weighted by Gasteiger charge is -2.15. The molecule has 0 aromatic heterocycles. The Morgan fingerprint density at radius 3 is 2.88 bits per heavy atom. The van der Waals surface area contributed by atoms with Crippen LogP contribution in [0.3, 0.4) is 0 Å². The number of amides is 1. The van der Waals surface area contributed by atoms with Gasteiger partial charge in [0.2, 0.25) is 0 Å². The third-order valence-electron chi connectivity index (χ3n) is 3.83. The number of carbonyl (C=O) groups excluding carboxylic acids is 2. The second-order valence-corrected chi connectivity index (χ2v) is 5.77.